The zero-order valence-corrected chi connectivity index (χ0v) is 15.6. The second-order valence-electron chi connectivity index (χ2n) is 6.59. The van der Waals surface area contributed by atoms with Gasteiger partial charge >= 0.3 is 0 Å². The molecule has 2 heterocycles. The number of hydrogen-bond donors (Lipinski definition) is 3. The van der Waals surface area contributed by atoms with E-state index in [0.29, 0.717) is 5.92 Å². The van der Waals surface area contributed by atoms with Crippen molar-refractivity contribution in [3.05, 3.63) is 54.5 Å². The van der Waals surface area contributed by atoms with Gasteiger partial charge in [-0.1, -0.05) is 25.1 Å². The van der Waals surface area contributed by atoms with Gasteiger partial charge < -0.3 is 15.6 Å². The van der Waals surface area contributed by atoms with Gasteiger partial charge in [0.1, 0.15) is 0 Å². The Bertz CT molecular complexity index is 818. The lowest BCUT2D eigenvalue weighted by Crippen LogP contribution is -2.38. The SMILES string of the molecule is CCNC(=NCC(C)Cn1cccn1)NCCc1c[nH]c2ccccc12. The highest BCUT2D eigenvalue weighted by atomic mass is 15.3. The molecule has 3 N–H and O–H groups in total. The van der Waals surface area contributed by atoms with Crippen molar-refractivity contribution in [1.82, 2.24) is 25.4 Å². The summed E-state index contributed by atoms with van der Waals surface area (Å²) in [4.78, 5) is 8.05. The molecule has 6 heteroatoms. The van der Waals surface area contributed by atoms with Gasteiger partial charge in [0.15, 0.2) is 5.96 Å². The molecule has 0 fully saturated rings. The van der Waals surface area contributed by atoms with Gasteiger partial charge in [0, 0.05) is 55.7 Å². The van der Waals surface area contributed by atoms with Crippen LogP contribution in [0.2, 0.25) is 0 Å². The topological polar surface area (TPSA) is 70.0 Å². The molecule has 3 aromatic rings. The molecule has 1 unspecified atom stereocenters. The van der Waals surface area contributed by atoms with Crippen LogP contribution in [0.15, 0.2) is 53.9 Å². The first kappa shape index (κ1) is 18.0. The maximum Gasteiger partial charge on any atom is 0.191 e. The molecule has 26 heavy (non-hydrogen) atoms. The van der Waals surface area contributed by atoms with Crippen LogP contribution in [0.25, 0.3) is 10.9 Å². The number of aromatic nitrogens is 3. The number of guanidine groups is 1. The largest absolute Gasteiger partial charge is 0.361 e. The van der Waals surface area contributed by atoms with Crippen molar-refractivity contribution in [2.24, 2.45) is 10.9 Å². The van der Waals surface area contributed by atoms with Crippen LogP contribution in [0.5, 0.6) is 0 Å². The zero-order chi connectivity index (χ0) is 18.2. The van der Waals surface area contributed by atoms with E-state index in [1.54, 1.807) is 0 Å². The first-order valence-electron chi connectivity index (χ1n) is 9.31. The van der Waals surface area contributed by atoms with Gasteiger partial charge in [0.25, 0.3) is 0 Å². The third-order valence-electron chi connectivity index (χ3n) is 4.32. The Balaban J connectivity index is 1.51. The molecule has 6 nitrogen and oxygen atoms in total. The highest BCUT2D eigenvalue weighted by molar-refractivity contribution is 5.83. The highest BCUT2D eigenvalue weighted by Gasteiger charge is 2.06. The van der Waals surface area contributed by atoms with E-state index in [1.807, 2.05) is 23.1 Å². The van der Waals surface area contributed by atoms with E-state index in [1.165, 1.54) is 16.5 Å². The fraction of sp³-hybridized carbons (Fsp3) is 0.400. The van der Waals surface area contributed by atoms with Crippen molar-refractivity contribution in [3.63, 3.8) is 0 Å². The fourth-order valence-electron chi connectivity index (χ4n) is 3.03. The third kappa shape index (κ3) is 4.88. The predicted octanol–water partition coefficient (Wildman–Crippen LogP) is 2.80. The molecule has 1 aromatic carbocycles. The number of fused-ring (bicyclic) bond motifs is 1. The number of nitrogens with one attached hydrogen (secondary N) is 3. The maximum absolute atomic E-state index is 4.72. The van der Waals surface area contributed by atoms with Crippen molar-refractivity contribution in [1.29, 1.82) is 0 Å². The van der Waals surface area contributed by atoms with Crippen LogP contribution >= 0.6 is 0 Å². The van der Waals surface area contributed by atoms with Crippen molar-refractivity contribution in [2.45, 2.75) is 26.8 Å². The van der Waals surface area contributed by atoms with Crippen LogP contribution in [0.1, 0.15) is 19.4 Å². The number of H-pyrrole nitrogens is 1. The van der Waals surface area contributed by atoms with Gasteiger partial charge in [-0.3, -0.25) is 9.67 Å². The Morgan fingerprint density at radius 2 is 2.15 bits per heavy atom. The van der Waals surface area contributed by atoms with Crippen LogP contribution in [0.4, 0.5) is 0 Å². The molecule has 1 atom stereocenters. The van der Waals surface area contributed by atoms with Gasteiger partial charge in [-0.15, -0.1) is 0 Å². The average molecular weight is 352 g/mol. The molecule has 0 amide bonds. The normalized spacial score (nSPS) is 13.1. The number of rotatable bonds is 8. The summed E-state index contributed by atoms with van der Waals surface area (Å²) >= 11 is 0. The Hall–Kier alpha value is -2.76. The highest BCUT2D eigenvalue weighted by Crippen LogP contribution is 2.17. The lowest BCUT2D eigenvalue weighted by atomic mass is 10.1. The summed E-state index contributed by atoms with van der Waals surface area (Å²) < 4.78 is 1.96. The molecule has 0 bridgehead atoms. The van der Waals surface area contributed by atoms with Crippen LogP contribution < -0.4 is 10.6 Å². The molecule has 0 spiro atoms. The third-order valence-corrected chi connectivity index (χ3v) is 4.32. The zero-order valence-electron chi connectivity index (χ0n) is 15.6. The number of para-hydroxylation sites is 1. The van der Waals surface area contributed by atoms with Crippen LogP contribution in [-0.2, 0) is 13.0 Å². The summed E-state index contributed by atoms with van der Waals surface area (Å²) in [5, 5.41) is 12.3. The van der Waals surface area contributed by atoms with Gasteiger partial charge in [0.2, 0.25) is 0 Å². The number of benzene rings is 1. The van der Waals surface area contributed by atoms with Crippen molar-refractivity contribution < 1.29 is 0 Å². The van der Waals surface area contributed by atoms with Crippen LogP contribution in [0, 0.1) is 5.92 Å². The minimum absolute atomic E-state index is 0.430. The smallest absolute Gasteiger partial charge is 0.191 e. The molecule has 0 aliphatic carbocycles. The van der Waals surface area contributed by atoms with Crippen molar-refractivity contribution in [2.75, 3.05) is 19.6 Å². The average Bonchev–Trinajstić information content (AvgIpc) is 3.30. The Kier molecular flexibility index (Phi) is 6.30. The van der Waals surface area contributed by atoms with E-state index >= 15 is 0 Å². The summed E-state index contributed by atoms with van der Waals surface area (Å²) in [7, 11) is 0. The van der Waals surface area contributed by atoms with E-state index < -0.39 is 0 Å². The standard InChI is InChI=1S/C20H28N6/c1-3-21-20(24-13-16(2)15-26-12-6-10-25-26)22-11-9-17-14-23-19-8-5-4-7-18(17)19/h4-8,10,12,14,16,23H,3,9,11,13,15H2,1-2H3,(H2,21,22,24). The van der Waals surface area contributed by atoms with Crippen LogP contribution in [0.3, 0.4) is 0 Å². The predicted molar refractivity (Wildman–Crippen MR) is 107 cm³/mol. The first-order valence-corrected chi connectivity index (χ1v) is 9.31. The van der Waals surface area contributed by atoms with E-state index in [0.717, 1.165) is 38.6 Å². The molecular formula is C20H28N6. The first-order chi connectivity index (χ1) is 12.8. The Morgan fingerprint density at radius 3 is 2.96 bits per heavy atom. The lowest BCUT2D eigenvalue weighted by Gasteiger charge is -2.13. The lowest BCUT2D eigenvalue weighted by molar-refractivity contribution is 0.458. The second kappa shape index (κ2) is 9.08. The molecule has 0 saturated heterocycles. The number of nitrogens with zero attached hydrogens (tertiary/aromatic N) is 3. The molecule has 0 aliphatic heterocycles. The minimum Gasteiger partial charge on any atom is -0.361 e. The number of aliphatic imine (C=N–C) groups is 1. The summed E-state index contributed by atoms with van der Waals surface area (Å²) in [5.74, 6) is 1.30. The molecule has 2 aromatic heterocycles. The van der Waals surface area contributed by atoms with Crippen LogP contribution in [-0.4, -0.2) is 40.4 Å². The second-order valence-corrected chi connectivity index (χ2v) is 6.59. The Labute approximate surface area is 154 Å². The van der Waals surface area contributed by atoms with E-state index in [4.69, 9.17) is 4.99 Å². The van der Waals surface area contributed by atoms with Crippen molar-refractivity contribution >= 4 is 16.9 Å². The van der Waals surface area contributed by atoms with Gasteiger partial charge in [-0.05, 0) is 37.0 Å². The summed E-state index contributed by atoms with van der Waals surface area (Å²) in [6, 6.07) is 10.4. The molecular weight excluding hydrogens is 324 g/mol. The van der Waals surface area contributed by atoms with E-state index in [-0.39, 0.29) is 0 Å². The fourth-order valence-corrected chi connectivity index (χ4v) is 3.03. The molecule has 138 valence electrons. The summed E-state index contributed by atoms with van der Waals surface area (Å²) in [5.41, 5.74) is 2.52. The monoisotopic (exact) mass is 352 g/mol. The maximum atomic E-state index is 4.72. The summed E-state index contributed by atoms with van der Waals surface area (Å²) in [6.45, 7) is 7.63. The van der Waals surface area contributed by atoms with Gasteiger partial charge in [-0.2, -0.15) is 5.10 Å². The molecule has 0 radical (unpaired) electrons. The molecule has 3 rings (SSSR count). The van der Waals surface area contributed by atoms with Gasteiger partial charge in [0.05, 0.1) is 0 Å². The summed E-state index contributed by atoms with van der Waals surface area (Å²) in [6.07, 6.45) is 6.86. The number of aromatic amines is 1. The van der Waals surface area contributed by atoms with E-state index in [2.05, 4.69) is 65.0 Å². The molecule has 0 saturated carbocycles. The Morgan fingerprint density at radius 1 is 1.27 bits per heavy atom. The van der Waals surface area contributed by atoms with E-state index in [9.17, 15) is 0 Å². The van der Waals surface area contributed by atoms with Gasteiger partial charge in [-0.25, -0.2) is 0 Å². The minimum atomic E-state index is 0.430. The number of hydrogen-bond acceptors (Lipinski definition) is 2. The quantitative estimate of drug-likeness (QED) is 0.431. The van der Waals surface area contributed by atoms with Crippen molar-refractivity contribution in [3.8, 4) is 0 Å². The molecule has 0 aliphatic rings.